The molecular formula is C13H25NOS. The van der Waals surface area contributed by atoms with Gasteiger partial charge in [-0.15, -0.1) is 0 Å². The third-order valence-electron chi connectivity index (χ3n) is 4.40. The molecule has 2 heterocycles. The highest BCUT2D eigenvalue weighted by Gasteiger charge is 2.36. The van der Waals surface area contributed by atoms with Crippen LogP contribution >= 0.6 is 12.6 Å². The molecule has 1 unspecified atom stereocenters. The van der Waals surface area contributed by atoms with E-state index >= 15 is 0 Å². The molecule has 1 atom stereocenters. The molecule has 0 bridgehead atoms. The number of ether oxygens (including phenoxy) is 1. The molecule has 0 N–H and O–H groups in total. The third-order valence-corrected chi connectivity index (χ3v) is 5.07. The Balaban J connectivity index is 1.94. The van der Waals surface area contributed by atoms with Gasteiger partial charge in [0, 0.05) is 25.8 Å². The number of hydrogen-bond acceptors (Lipinski definition) is 3. The second-order valence-corrected chi connectivity index (χ2v) is 5.76. The Hall–Kier alpha value is 0.270. The molecule has 0 amide bonds. The topological polar surface area (TPSA) is 12.5 Å². The van der Waals surface area contributed by atoms with Crippen LogP contribution < -0.4 is 0 Å². The van der Waals surface area contributed by atoms with E-state index in [1.165, 1.54) is 45.2 Å². The molecule has 0 radical (unpaired) electrons. The Labute approximate surface area is 105 Å². The number of rotatable bonds is 4. The van der Waals surface area contributed by atoms with Crippen LogP contribution in [-0.4, -0.2) is 43.0 Å². The van der Waals surface area contributed by atoms with Crippen LogP contribution in [0.2, 0.25) is 0 Å². The van der Waals surface area contributed by atoms with Crippen molar-refractivity contribution >= 4 is 12.6 Å². The first-order valence-corrected chi connectivity index (χ1v) is 7.35. The van der Waals surface area contributed by atoms with Gasteiger partial charge in [-0.2, -0.15) is 12.6 Å². The molecule has 3 heteroatoms. The van der Waals surface area contributed by atoms with Crippen LogP contribution in [0, 0.1) is 5.41 Å². The van der Waals surface area contributed by atoms with Crippen LogP contribution in [0.3, 0.4) is 0 Å². The minimum Gasteiger partial charge on any atom is -0.381 e. The Bertz CT molecular complexity index is 216. The number of likely N-dealkylation sites (tertiary alicyclic amines) is 1. The lowest BCUT2D eigenvalue weighted by atomic mass is 9.81. The van der Waals surface area contributed by atoms with Crippen molar-refractivity contribution in [2.24, 2.45) is 5.41 Å². The quantitative estimate of drug-likeness (QED) is 0.762. The highest BCUT2D eigenvalue weighted by molar-refractivity contribution is 7.80. The van der Waals surface area contributed by atoms with Crippen LogP contribution in [0.25, 0.3) is 0 Å². The van der Waals surface area contributed by atoms with E-state index in [-0.39, 0.29) is 0 Å². The summed E-state index contributed by atoms with van der Waals surface area (Å²) in [6.07, 6.45) is 6.49. The number of hydrogen-bond donors (Lipinski definition) is 1. The average molecular weight is 243 g/mol. The molecule has 94 valence electrons. The molecule has 2 fully saturated rings. The number of nitrogens with zero attached hydrogens (tertiary/aromatic N) is 1. The molecule has 2 rings (SSSR count). The molecule has 0 spiro atoms. The van der Waals surface area contributed by atoms with E-state index in [4.69, 9.17) is 4.74 Å². The normalized spacial score (nSPS) is 30.8. The van der Waals surface area contributed by atoms with Crippen molar-refractivity contribution < 1.29 is 4.74 Å². The lowest BCUT2D eigenvalue weighted by molar-refractivity contribution is 0.00544. The van der Waals surface area contributed by atoms with Crippen LogP contribution in [-0.2, 0) is 4.74 Å². The Morgan fingerprint density at radius 2 is 2.12 bits per heavy atom. The van der Waals surface area contributed by atoms with Crippen molar-refractivity contribution in [2.75, 3.05) is 32.1 Å². The van der Waals surface area contributed by atoms with Gasteiger partial charge in [0.15, 0.2) is 0 Å². The summed E-state index contributed by atoms with van der Waals surface area (Å²) in [5, 5.41) is 0. The zero-order chi connectivity index (χ0) is 11.4. The SMILES string of the molecule is CCC1CCCN1CC1(CS)CCOCC1. The molecule has 16 heavy (non-hydrogen) atoms. The van der Waals surface area contributed by atoms with E-state index < -0.39 is 0 Å². The Kier molecular flexibility index (Phi) is 4.57. The highest BCUT2D eigenvalue weighted by atomic mass is 32.1. The summed E-state index contributed by atoms with van der Waals surface area (Å²) in [5.41, 5.74) is 0.430. The van der Waals surface area contributed by atoms with E-state index in [9.17, 15) is 0 Å². The molecule has 0 aliphatic carbocycles. The predicted octanol–water partition coefficient (Wildman–Crippen LogP) is 2.59. The molecule has 2 saturated heterocycles. The minimum atomic E-state index is 0.430. The zero-order valence-electron chi connectivity index (χ0n) is 10.5. The maximum atomic E-state index is 5.49. The summed E-state index contributed by atoms with van der Waals surface area (Å²) in [5.74, 6) is 1.02. The molecule has 2 aliphatic heterocycles. The Morgan fingerprint density at radius 1 is 1.38 bits per heavy atom. The Morgan fingerprint density at radius 3 is 2.75 bits per heavy atom. The van der Waals surface area contributed by atoms with Crippen molar-refractivity contribution in [2.45, 2.75) is 45.1 Å². The lowest BCUT2D eigenvalue weighted by Gasteiger charge is -2.40. The smallest absolute Gasteiger partial charge is 0.0472 e. The highest BCUT2D eigenvalue weighted by Crippen LogP contribution is 2.35. The monoisotopic (exact) mass is 243 g/mol. The summed E-state index contributed by atoms with van der Waals surface area (Å²) in [6.45, 7) is 6.74. The van der Waals surface area contributed by atoms with E-state index in [0.717, 1.165) is 25.0 Å². The largest absolute Gasteiger partial charge is 0.381 e. The van der Waals surface area contributed by atoms with Gasteiger partial charge in [0.1, 0.15) is 0 Å². The fraction of sp³-hybridized carbons (Fsp3) is 1.00. The van der Waals surface area contributed by atoms with Crippen molar-refractivity contribution in [3.8, 4) is 0 Å². The van der Waals surface area contributed by atoms with Crippen LogP contribution in [0.4, 0.5) is 0 Å². The summed E-state index contributed by atoms with van der Waals surface area (Å²) < 4.78 is 5.49. The number of thiol groups is 1. The van der Waals surface area contributed by atoms with Crippen molar-refractivity contribution in [3.05, 3.63) is 0 Å². The standard InChI is InChI=1S/C13H25NOS/c1-2-12-4-3-7-14(12)10-13(11-16)5-8-15-9-6-13/h12,16H,2-11H2,1H3. The summed E-state index contributed by atoms with van der Waals surface area (Å²) >= 11 is 4.60. The van der Waals surface area contributed by atoms with Crippen molar-refractivity contribution in [1.82, 2.24) is 4.90 Å². The van der Waals surface area contributed by atoms with Gasteiger partial charge in [0.2, 0.25) is 0 Å². The molecule has 2 aliphatic rings. The molecule has 0 aromatic rings. The fourth-order valence-corrected chi connectivity index (χ4v) is 3.58. The molecule has 0 aromatic carbocycles. The fourth-order valence-electron chi connectivity index (χ4n) is 3.17. The van der Waals surface area contributed by atoms with E-state index in [0.29, 0.717) is 5.41 Å². The molecule has 2 nitrogen and oxygen atoms in total. The van der Waals surface area contributed by atoms with E-state index in [2.05, 4.69) is 24.5 Å². The van der Waals surface area contributed by atoms with E-state index in [1.54, 1.807) is 0 Å². The van der Waals surface area contributed by atoms with Gasteiger partial charge in [-0.25, -0.2) is 0 Å². The van der Waals surface area contributed by atoms with Crippen LogP contribution in [0.5, 0.6) is 0 Å². The van der Waals surface area contributed by atoms with Crippen LogP contribution in [0.15, 0.2) is 0 Å². The second-order valence-electron chi connectivity index (χ2n) is 5.45. The third kappa shape index (κ3) is 2.74. The van der Waals surface area contributed by atoms with Gasteiger partial charge in [0.25, 0.3) is 0 Å². The summed E-state index contributed by atoms with van der Waals surface area (Å²) in [7, 11) is 0. The van der Waals surface area contributed by atoms with E-state index in [1.807, 2.05) is 0 Å². The summed E-state index contributed by atoms with van der Waals surface area (Å²) in [4.78, 5) is 2.71. The van der Waals surface area contributed by atoms with Gasteiger partial charge in [-0.1, -0.05) is 6.92 Å². The van der Waals surface area contributed by atoms with Crippen LogP contribution in [0.1, 0.15) is 39.0 Å². The lowest BCUT2D eigenvalue weighted by Crippen LogP contribution is -2.44. The van der Waals surface area contributed by atoms with Crippen molar-refractivity contribution in [1.29, 1.82) is 0 Å². The first kappa shape index (κ1) is 12.7. The van der Waals surface area contributed by atoms with Gasteiger partial charge in [-0.3, -0.25) is 4.90 Å². The average Bonchev–Trinajstić information content (AvgIpc) is 2.77. The molecule has 0 saturated carbocycles. The van der Waals surface area contributed by atoms with Gasteiger partial charge < -0.3 is 4.74 Å². The zero-order valence-corrected chi connectivity index (χ0v) is 11.3. The molecular weight excluding hydrogens is 218 g/mol. The van der Waals surface area contributed by atoms with Crippen molar-refractivity contribution in [3.63, 3.8) is 0 Å². The first-order chi connectivity index (χ1) is 7.79. The summed E-state index contributed by atoms with van der Waals surface area (Å²) in [6, 6.07) is 0.833. The second kappa shape index (κ2) is 5.74. The van der Waals surface area contributed by atoms with Gasteiger partial charge in [-0.05, 0) is 49.8 Å². The first-order valence-electron chi connectivity index (χ1n) is 6.72. The maximum absolute atomic E-state index is 5.49. The predicted molar refractivity (Wildman–Crippen MR) is 71.2 cm³/mol. The van der Waals surface area contributed by atoms with Gasteiger partial charge in [0.05, 0.1) is 0 Å². The van der Waals surface area contributed by atoms with Gasteiger partial charge >= 0.3 is 0 Å². The maximum Gasteiger partial charge on any atom is 0.0472 e. The molecule has 0 aromatic heterocycles. The minimum absolute atomic E-state index is 0.430.